The van der Waals surface area contributed by atoms with Crippen molar-refractivity contribution in [3.8, 4) is 0 Å². The minimum Gasteiger partial charge on any atom is -0.393 e. The van der Waals surface area contributed by atoms with Crippen molar-refractivity contribution < 1.29 is 15.3 Å². The lowest BCUT2D eigenvalue weighted by molar-refractivity contribution is -0.275. The van der Waals surface area contributed by atoms with E-state index in [0.29, 0.717) is 24.2 Å². The molecule has 6 rings (SSSR count). The van der Waals surface area contributed by atoms with Gasteiger partial charge in [-0.3, -0.25) is 9.80 Å². The van der Waals surface area contributed by atoms with E-state index in [9.17, 15) is 15.3 Å². The lowest BCUT2D eigenvalue weighted by Gasteiger charge is -2.70. The number of hydrogen-bond donors (Lipinski definition) is 4. The number of likely N-dealkylation sites (N-methyl/N-ethyl adjacent to an activating group) is 1. The van der Waals surface area contributed by atoms with Crippen molar-refractivity contribution in [3.05, 3.63) is 0 Å². The van der Waals surface area contributed by atoms with Gasteiger partial charge in [0.2, 0.25) is 0 Å². The molecule has 35 heavy (non-hydrogen) atoms. The molecule has 10 atom stereocenters. The second kappa shape index (κ2) is 8.89. The summed E-state index contributed by atoms with van der Waals surface area (Å²) >= 11 is 0. The highest BCUT2D eigenvalue weighted by Gasteiger charge is 2.71. The Labute approximate surface area is 212 Å². The summed E-state index contributed by atoms with van der Waals surface area (Å²) in [6.45, 7) is 12.8. The molecule has 0 aromatic heterocycles. The lowest BCUT2D eigenvalue weighted by Crippen LogP contribution is -2.78. The van der Waals surface area contributed by atoms with Gasteiger partial charge < -0.3 is 25.5 Å². The number of aliphatic hydroxyl groups excluding tert-OH is 2. The van der Waals surface area contributed by atoms with Crippen LogP contribution >= 0.6 is 0 Å². The second-order valence-corrected chi connectivity index (χ2v) is 13.7. The van der Waals surface area contributed by atoms with E-state index in [1.807, 2.05) is 0 Å². The van der Waals surface area contributed by atoms with Crippen LogP contribution in [0.5, 0.6) is 0 Å². The van der Waals surface area contributed by atoms with Gasteiger partial charge in [-0.15, -0.1) is 0 Å². The maximum Gasteiger partial charge on any atom is 0.0897 e. The molecule has 5 unspecified atom stereocenters. The van der Waals surface area contributed by atoms with E-state index >= 15 is 0 Å². The third-order valence-corrected chi connectivity index (χ3v) is 12.4. The van der Waals surface area contributed by atoms with Crippen molar-refractivity contribution in [2.75, 3.05) is 59.4 Å². The zero-order valence-electron chi connectivity index (χ0n) is 22.3. The van der Waals surface area contributed by atoms with Gasteiger partial charge in [0.15, 0.2) is 0 Å². The average molecular weight is 491 g/mol. The predicted octanol–water partition coefficient (Wildman–Crippen LogP) is 0.975. The maximum atomic E-state index is 13.0. The number of hydrogen-bond acceptors (Lipinski definition) is 7. The Hall–Kier alpha value is -0.280. The summed E-state index contributed by atoms with van der Waals surface area (Å²) in [5, 5.41) is 38.8. The topological polar surface area (TPSA) is 82.4 Å². The molecule has 6 fully saturated rings. The van der Waals surface area contributed by atoms with Crippen molar-refractivity contribution in [1.29, 1.82) is 0 Å². The molecule has 0 radical (unpaired) electrons. The first-order valence-electron chi connectivity index (χ1n) is 14.6. The van der Waals surface area contributed by atoms with Crippen LogP contribution in [-0.4, -0.2) is 119 Å². The van der Waals surface area contributed by atoms with Gasteiger partial charge >= 0.3 is 0 Å². The highest BCUT2D eigenvalue weighted by molar-refractivity contribution is 5.23. The van der Waals surface area contributed by atoms with Crippen molar-refractivity contribution in [2.24, 2.45) is 28.6 Å². The predicted molar refractivity (Wildman–Crippen MR) is 137 cm³/mol. The van der Waals surface area contributed by atoms with Crippen molar-refractivity contribution in [1.82, 2.24) is 20.0 Å². The Bertz CT molecular complexity index is 786. The zero-order chi connectivity index (χ0) is 24.6. The van der Waals surface area contributed by atoms with Crippen LogP contribution in [0.2, 0.25) is 0 Å². The third-order valence-electron chi connectivity index (χ3n) is 12.4. The smallest absolute Gasteiger partial charge is 0.0897 e. The Balaban J connectivity index is 1.43. The zero-order valence-corrected chi connectivity index (χ0v) is 22.3. The molecule has 2 saturated heterocycles. The van der Waals surface area contributed by atoms with Crippen LogP contribution in [0.1, 0.15) is 58.8 Å². The molecular weight excluding hydrogens is 440 g/mol. The Morgan fingerprint density at radius 3 is 2.20 bits per heavy atom. The summed E-state index contributed by atoms with van der Waals surface area (Å²) < 4.78 is 0. The quantitative estimate of drug-likeness (QED) is 0.459. The normalized spacial score (nSPS) is 54.2. The Kier molecular flexibility index (Phi) is 6.36. The highest BCUT2D eigenvalue weighted by Crippen LogP contribution is 2.68. The molecule has 0 spiro atoms. The summed E-state index contributed by atoms with van der Waals surface area (Å²) in [4.78, 5) is 7.62. The number of piperazine rings is 2. The molecule has 7 heteroatoms. The van der Waals surface area contributed by atoms with E-state index in [2.05, 4.69) is 40.9 Å². The fourth-order valence-corrected chi connectivity index (χ4v) is 10.4. The number of nitrogens with one attached hydrogen (secondary N) is 1. The fraction of sp³-hybridized carbons (Fsp3) is 1.00. The van der Waals surface area contributed by atoms with Gasteiger partial charge in [-0.2, -0.15) is 0 Å². The molecule has 2 heterocycles. The van der Waals surface area contributed by atoms with Crippen molar-refractivity contribution in [3.63, 3.8) is 0 Å². The summed E-state index contributed by atoms with van der Waals surface area (Å²) in [5.74, 6) is 1.54. The van der Waals surface area contributed by atoms with E-state index in [0.717, 1.165) is 90.9 Å². The van der Waals surface area contributed by atoms with Crippen LogP contribution in [0.15, 0.2) is 0 Å². The van der Waals surface area contributed by atoms with Crippen LogP contribution in [0, 0.1) is 28.6 Å². The van der Waals surface area contributed by atoms with Gasteiger partial charge in [0.05, 0.1) is 17.8 Å². The molecule has 7 nitrogen and oxygen atoms in total. The van der Waals surface area contributed by atoms with Crippen LogP contribution in [0.4, 0.5) is 0 Å². The molecule has 200 valence electrons. The Morgan fingerprint density at radius 2 is 1.49 bits per heavy atom. The maximum absolute atomic E-state index is 13.0. The van der Waals surface area contributed by atoms with Gasteiger partial charge in [0.1, 0.15) is 0 Å². The Morgan fingerprint density at radius 1 is 0.800 bits per heavy atom. The summed E-state index contributed by atoms with van der Waals surface area (Å²) in [6.07, 6.45) is 5.92. The number of nitrogens with zero attached hydrogens (tertiary/aromatic N) is 3. The second-order valence-electron chi connectivity index (χ2n) is 13.7. The molecule has 0 bridgehead atoms. The van der Waals surface area contributed by atoms with Crippen LogP contribution in [0.3, 0.4) is 0 Å². The standard InChI is InChI=1S/C28H50N4O3/c1-26-7-6-22-20(21(26)4-5-25(26)34)17-24(31-10-8-29-9-11-31)28(35)18-19(33)16-23(27(22,28)2)32-14-12-30(3)13-15-32/h19-25,29,33-35H,4-18H2,1-3H3/t19?,20-,21-,22+,23?,24?,25?,26-,27-,28?/m0/s1. The number of fused-ring (bicyclic) bond motifs is 5. The molecule has 4 aliphatic carbocycles. The van der Waals surface area contributed by atoms with Crippen LogP contribution in [-0.2, 0) is 0 Å². The minimum atomic E-state index is -0.887. The van der Waals surface area contributed by atoms with Gasteiger partial charge in [0.25, 0.3) is 0 Å². The van der Waals surface area contributed by atoms with Gasteiger partial charge in [-0.25, -0.2) is 0 Å². The number of aliphatic hydroxyl groups is 3. The summed E-state index contributed by atoms with van der Waals surface area (Å²) in [5.41, 5.74) is -1.11. The summed E-state index contributed by atoms with van der Waals surface area (Å²) in [7, 11) is 2.20. The highest BCUT2D eigenvalue weighted by atomic mass is 16.3. The molecule has 2 aliphatic heterocycles. The molecule has 0 aromatic rings. The molecule has 0 amide bonds. The molecule has 4 N–H and O–H groups in total. The van der Waals surface area contributed by atoms with Gasteiger partial charge in [0, 0.05) is 76.3 Å². The monoisotopic (exact) mass is 490 g/mol. The van der Waals surface area contributed by atoms with E-state index in [4.69, 9.17) is 0 Å². The average Bonchev–Trinajstić information content (AvgIpc) is 3.15. The fourth-order valence-electron chi connectivity index (χ4n) is 10.4. The largest absolute Gasteiger partial charge is 0.393 e. The number of rotatable bonds is 2. The first kappa shape index (κ1) is 25.0. The van der Waals surface area contributed by atoms with Crippen molar-refractivity contribution >= 4 is 0 Å². The molecular formula is C28H50N4O3. The van der Waals surface area contributed by atoms with E-state index in [1.54, 1.807) is 0 Å². The van der Waals surface area contributed by atoms with E-state index < -0.39 is 11.7 Å². The van der Waals surface area contributed by atoms with Crippen molar-refractivity contribution in [2.45, 2.75) is 88.7 Å². The lowest BCUT2D eigenvalue weighted by atomic mass is 9.41. The van der Waals surface area contributed by atoms with Gasteiger partial charge in [-0.1, -0.05) is 13.8 Å². The summed E-state index contributed by atoms with van der Waals surface area (Å²) in [6, 6.07) is 0.291. The molecule has 4 saturated carbocycles. The minimum absolute atomic E-state index is 0.0263. The SMILES string of the molecule is CN1CCN(C2CC(O)CC3(O)C(N4CCNCC4)C[C@@H]4[C@@H](CC[C@]5(C)C(O)CC[C@@H]45)[C@@]23C)CC1. The van der Waals surface area contributed by atoms with Crippen LogP contribution in [0.25, 0.3) is 0 Å². The van der Waals surface area contributed by atoms with E-state index in [1.165, 1.54) is 0 Å². The van der Waals surface area contributed by atoms with Gasteiger partial charge in [-0.05, 0) is 68.7 Å². The molecule has 6 aliphatic rings. The first-order valence-corrected chi connectivity index (χ1v) is 14.6. The van der Waals surface area contributed by atoms with E-state index in [-0.39, 0.29) is 29.0 Å². The van der Waals surface area contributed by atoms with Crippen LogP contribution < -0.4 is 5.32 Å². The third kappa shape index (κ3) is 3.63. The first-order chi connectivity index (χ1) is 16.7. The molecule has 0 aromatic carbocycles.